The predicted molar refractivity (Wildman–Crippen MR) is 155 cm³/mol. The Kier molecular flexibility index (Phi) is 10.0. The first-order chi connectivity index (χ1) is 19.2. The summed E-state index contributed by atoms with van der Waals surface area (Å²) in [6, 6.07) is 14.8. The minimum Gasteiger partial charge on any atom is -0.468 e. The Hall–Kier alpha value is -3.20. The molecule has 2 unspecified atom stereocenters. The van der Waals surface area contributed by atoms with Crippen LogP contribution in [0.5, 0.6) is 0 Å². The molecule has 2 aromatic rings. The molecular weight excluding hydrogens is 553 g/mol. The SMILES string of the molecule is COC(=O)C1=C(CCc2ccccc2)N=C(CC(=O)N2CCN(C)CC2)C(C(=O)OC)C1c1c(Cl)cccc1Cl. The van der Waals surface area contributed by atoms with E-state index in [-0.39, 0.29) is 27.9 Å². The van der Waals surface area contributed by atoms with Crippen LogP contribution in [0, 0.1) is 5.92 Å². The van der Waals surface area contributed by atoms with Crippen LogP contribution in [0.4, 0.5) is 0 Å². The van der Waals surface area contributed by atoms with Crippen LogP contribution in [-0.4, -0.2) is 80.8 Å². The number of hydrogen-bond acceptors (Lipinski definition) is 7. The Morgan fingerprint density at radius 3 is 2.15 bits per heavy atom. The second-order valence-electron chi connectivity index (χ2n) is 9.92. The van der Waals surface area contributed by atoms with Crippen LogP contribution in [0.15, 0.2) is 64.8 Å². The highest BCUT2D eigenvalue weighted by Crippen LogP contribution is 2.46. The van der Waals surface area contributed by atoms with Gasteiger partial charge in [-0.25, -0.2) is 4.79 Å². The predicted octanol–water partition coefficient (Wildman–Crippen LogP) is 4.54. The van der Waals surface area contributed by atoms with E-state index < -0.39 is 23.8 Å². The number of ether oxygens (including phenoxy) is 2. The molecule has 2 aromatic carbocycles. The second kappa shape index (κ2) is 13.4. The van der Waals surface area contributed by atoms with Gasteiger partial charge in [-0.2, -0.15) is 0 Å². The smallest absolute Gasteiger partial charge is 0.336 e. The lowest BCUT2D eigenvalue weighted by Gasteiger charge is -2.36. The fourth-order valence-corrected chi connectivity index (χ4v) is 5.92. The van der Waals surface area contributed by atoms with Crippen molar-refractivity contribution in [2.45, 2.75) is 25.2 Å². The fourth-order valence-electron chi connectivity index (χ4n) is 5.28. The zero-order chi connectivity index (χ0) is 28.8. The third-order valence-corrected chi connectivity index (χ3v) is 8.10. The van der Waals surface area contributed by atoms with E-state index in [0.29, 0.717) is 42.9 Å². The van der Waals surface area contributed by atoms with Crippen LogP contribution in [0.1, 0.15) is 29.9 Å². The molecule has 212 valence electrons. The number of piperazine rings is 1. The molecule has 40 heavy (non-hydrogen) atoms. The molecule has 4 rings (SSSR count). The van der Waals surface area contributed by atoms with Gasteiger partial charge in [0.25, 0.3) is 0 Å². The molecule has 0 bridgehead atoms. The minimum atomic E-state index is -1.10. The van der Waals surface area contributed by atoms with Gasteiger partial charge in [0.05, 0.1) is 31.9 Å². The van der Waals surface area contributed by atoms with Crippen molar-refractivity contribution in [3.63, 3.8) is 0 Å². The van der Waals surface area contributed by atoms with Crippen molar-refractivity contribution in [2.75, 3.05) is 47.4 Å². The van der Waals surface area contributed by atoms with Gasteiger partial charge in [-0.15, -0.1) is 0 Å². The third-order valence-electron chi connectivity index (χ3n) is 7.45. The van der Waals surface area contributed by atoms with Crippen molar-refractivity contribution in [2.24, 2.45) is 10.9 Å². The van der Waals surface area contributed by atoms with Crippen molar-refractivity contribution >= 4 is 46.8 Å². The number of carbonyl (C=O) groups excluding carboxylic acids is 3. The van der Waals surface area contributed by atoms with Crippen LogP contribution in [0.2, 0.25) is 10.0 Å². The summed E-state index contributed by atoms with van der Waals surface area (Å²) in [7, 11) is 4.55. The highest BCUT2D eigenvalue weighted by molar-refractivity contribution is 6.36. The number of esters is 2. The maximum atomic E-state index is 13.5. The van der Waals surface area contributed by atoms with Crippen LogP contribution in [0.25, 0.3) is 0 Å². The Morgan fingerprint density at radius 2 is 1.55 bits per heavy atom. The van der Waals surface area contributed by atoms with Crippen molar-refractivity contribution in [3.05, 3.63) is 81.0 Å². The number of methoxy groups -OCH3 is 2. The number of rotatable bonds is 8. The minimum absolute atomic E-state index is 0.106. The Labute approximate surface area is 244 Å². The quantitative estimate of drug-likeness (QED) is 0.422. The first kappa shape index (κ1) is 29.8. The summed E-state index contributed by atoms with van der Waals surface area (Å²) in [6.07, 6.45) is 0.837. The average Bonchev–Trinajstić information content (AvgIpc) is 2.96. The van der Waals surface area contributed by atoms with Crippen LogP contribution in [-0.2, 0) is 30.3 Å². The van der Waals surface area contributed by atoms with Gasteiger partial charge in [0.1, 0.15) is 5.92 Å². The van der Waals surface area contributed by atoms with Gasteiger partial charge in [-0.05, 0) is 43.1 Å². The van der Waals surface area contributed by atoms with E-state index in [1.807, 2.05) is 37.4 Å². The summed E-state index contributed by atoms with van der Waals surface area (Å²) in [5.41, 5.74) is 2.36. The van der Waals surface area contributed by atoms with Crippen molar-refractivity contribution < 1.29 is 23.9 Å². The topological polar surface area (TPSA) is 88.5 Å². The molecule has 2 heterocycles. The molecular formula is C30H33Cl2N3O5. The Morgan fingerprint density at radius 1 is 0.900 bits per heavy atom. The van der Waals surface area contributed by atoms with E-state index in [1.54, 1.807) is 23.1 Å². The van der Waals surface area contributed by atoms with Gasteiger partial charge in [-0.1, -0.05) is 59.6 Å². The summed E-state index contributed by atoms with van der Waals surface area (Å²) in [5, 5.41) is 0.559. The number of nitrogens with zero attached hydrogens (tertiary/aromatic N) is 3. The van der Waals surface area contributed by atoms with Gasteiger partial charge in [0.15, 0.2) is 0 Å². The van der Waals surface area contributed by atoms with E-state index >= 15 is 0 Å². The van der Waals surface area contributed by atoms with Gasteiger partial charge in [-0.3, -0.25) is 14.6 Å². The zero-order valence-corrected chi connectivity index (χ0v) is 24.4. The molecule has 1 fully saturated rings. The number of halogens is 2. The lowest BCUT2D eigenvalue weighted by molar-refractivity contribution is -0.143. The number of hydrogen-bond donors (Lipinski definition) is 0. The summed E-state index contributed by atoms with van der Waals surface area (Å²) < 4.78 is 10.4. The van der Waals surface area contributed by atoms with Gasteiger partial charge in [0.2, 0.25) is 5.91 Å². The monoisotopic (exact) mass is 585 g/mol. The van der Waals surface area contributed by atoms with E-state index in [1.165, 1.54) is 14.2 Å². The lowest BCUT2D eigenvalue weighted by Crippen LogP contribution is -2.48. The number of likely N-dealkylation sites (N-methyl/N-ethyl adjacent to an activating group) is 1. The van der Waals surface area contributed by atoms with E-state index in [9.17, 15) is 14.4 Å². The molecule has 0 saturated carbocycles. The van der Waals surface area contributed by atoms with E-state index in [2.05, 4.69) is 4.90 Å². The van der Waals surface area contributed by atoms with Crippen LogP contribution in [0.3, 0.4) is 0 Å². The largest absolute Gasteiger partial charge is 0.468 e. The molecule has 2 atom stereocenters. The number of aryl methyl sites for hydroxylation is 1. The molecule has 1 amide bonds. The Bertz CT molecular complexity index is 1300. The molecule has 0 radical (unpaired) electrons. The summed E-state index contributed by atoms with van der Waals surface area (Å²) in [6.45, 7) is 2.67. The molecule has 0 aliphatic carbocycles. The maximum Gasteiger partial charge on any atom is 0.336 e. The van der Waals surface area contributed by atoms with Crippen LogP contribution < -0.4 is 0 Å². The van der Waals surface area contributed by atoms with Gasteiger partial charge in [0, 0.05) is 47.9 Å². The summed E-state index contributed by atoms with van der Waals surface area (Å²) in [4.78, 5) is 49.1. The lowest BCUT2D eigenvalue weighted by atomic mass is 9.73. The van der Waals surface area contributed by atoms with Gasteiger partial charge >= 0.3 is 11.9 Å². The average molecular weight is 587 g/mol. The van der Waals surface area contributed by atoms with Crippen molar-refractivity contribution in [1.82, 2.24) is 9.80 Å². The molecule has 1 saturated heterocycles. The number of allylic oxidation sites excluding steroid dienone is 1. The third kappa shape index (κ3) is 6.57. The molecule has 8 nitrogen and oxygen atoms in total. The van der Waals surface area contributed by atoms with Crippen LogP contribution >= 0.6 is 23.2 Å². The number of benzene rings is 2. The van der Waals surface area contributed by atoms with Gasteiger partial charge < -0.3 is 19.3 Å². The number of amides is 1. The van der Waals surface area contributed by atoms with Crippen molar-refractivity contribution in [3.8, 4) is 0 Å². The second-order valence-corrected chi connectivity index (χ2v) is 10.7. The normalized spacial score (nSPS) is 19.7. The highest BCUT2D eigenvalue weighted by Gasteiger charge is 2.46. The molecule has 0 spiro atoms. The van der Waals surface area contributed by atoms with E-state index in [0.717, 1.165) is 18.7 Å². The highest BCUT2D eigenvalue weighted by atomic mass is 35.5. The maximum absolute atomic E-state index is 13.5. The molecule has 0 aromatic heterocycles. The van der Waals surface area contributed by atoms with Crippen molar-refractivity contribution in [1.29, 1.82) is 0 Å². The fraction of sp³-hybridized carbons (Fsp3) is 0.400. The molecule has 0 N–H and O–H groups in total. The molecule has 10 heteroatoms. The first-order valence-corrected chi connectivity index (χ1v) is 13.9. The number of carbonyl (C=O) groups is 3. The summed E-state index contributed by atoms with van der Waals surface area (Å²) >= 11 is 13.3. The summed E-state index contributed by atoms with van der Waals surface area (Å²) in [5.74, 6) is -3.50. The van der Waals surface area contributed by atoms with E-state index in [4.69, 9.17) is 37.7 Å². The standard InChI is InChI=1S/C30H33Cl2N3O5/c1-34-14-16-35(17-15-34)24(36)18-23-27(30(38)40-3)28(25-20(31)10-7-11-21(25)32)26(29(37)39-2)22(33-23)13-12-19-8-5-4-6-9-19/h4-11,27-28H,12-18H2,1-3H3. The Balaban J connectivity index is 1.86. The first-order valence-electron chi connectivity index (χ1n) is 13.2. The molecule has 2 aliphatic rings. The molecule has 2 aliphatic heterocycles. The number of aliphatic imine (C=N–C) groups is 1. The zero-order valence-electron chi connectivity index (χ0n) is 22.9.